The molecule has 0 N–H and O–H groups in total. The lowest BCUT2D eigenvalue weighted by atomic mass is 10.2. The molecule has 74 valence electrons. The second kappa shape index (κ2) is 3.47. The van der Waals surface area contributed by atoms with Crippen molar-refractivity contribution >= 4 is 37.4 Å². The molecule has 2 aromatic heterocycles. The van der Waals surface area contributed by atoms with Crippen molar-refractivity contribution in [1.82, 2.24) is 9.78 Å². The summed E-state index contributed by atoms with van der Waals surface area (Å²) in [6.07, 6.45) is 0.845. The summed E-state index contributed by atoms with van der Waals surface area (Å²) in [5, 5.41) is 4.99. The van der Waals surface area contributed by atoms with E-state index in [0.717, 1.165) is 26.0 Å². The Kier molecular flexibility index (Phi) is 2.45. The molecule has 0 unspecified atom stereocenters. The van der Waals surface area contributed by atoms with Gasteiger partial charge in [0.25, 0.3) is 5.56 Å². The van der Waals surface area contributed by atoms with Crippen molar-refractivity contribution in [3.63, 3.8) is 0 Å². The zero-order chi connectivity index (χ0) is 10.3. The molecule has 3 nitrogen and oxygen atoms in total. The topological polar surface area (TPSA) is 34.9 Å². The molecule has 14 heavy (non-hydrogen) atoms. The average Bonchev–Trinajstić information content (AvgIpc) is 2.54. The van der Waals surface area contributed by atoms with Gasteiger partial charge in [0.15, 0.2) is 0 Å². The van der Waals surface area contributed by atoms with Gasteiger partial charge in [-0.1, -0.05) is 6.92 Å². The standard InChI is InChI=1S/C9H9BrN2OS/c1-3-6-8-5(4-7(10)14-8)9(13)12(2)11-6/h4H,3H2,1-2H3. The predicted molar refractivity (Wildman–Crippen MR) is 61.9 cm³/mol. The van der Waals surface area contributed by atoms with Crippen LogP contribution in [0.2, 0.25) is 0 Å². The van der Waals surface area contributed by atoms with E-state index in [4.69, 9.17) is 0 Å². The number of aromatic nitrogens is 2. The number of thiophene rings is 1. The van der Waals surface area contributed by atoms with Gasteiger partial charge in [0.05, 0.1) is 19.6 Å². The first-order valence-electron chi connectivity index (χ1n) is 4.28. The van der Waals surface area contributed by atoms with Crippen molar-refractivity contribution in [3.05, 3.63) is 25.9 Å². The van der Waals surface area contributed by atoms with E-state index in [2.05, 4.69) is 21.0 Å². The van der Waals surface area contributed by atoms with Gasteiger partial charge < -0.3 is 0 Å². The van der Waals surface area contributed by atoms with Crippen molar-refractivity contribution in [2.45, 2.75) is 13.3 Å². The molecule has 0 saturated heterocycles. The fraction of sp³-hybridized carbons (Fsp3) is 0.333. The van der Waals surface area contributed by atoms with E-state index < -0.39 is 0 Å². The number of halogens is 1. The minimum Gasteiger partial charge on any atom is -0.267 e. The van der Waals surface area contributed by atoms with E-state index in [1.807, 2.05) is 13.0 Å². The van der Waals surface area contributed by atoms with Gasteiger partial charge in [-0.3, -0.25) is 4.79 Å². The lowest BCUT2D eigenvalue weighted by Gasteiger charge is -2.01. The minimum absolute atomic E-state index is 0.0286. The summed E-state index contributed by atoms with van der Waals surface area (Å²) in [5.41, 5.74) is 0.956. The molecule has 0 aliphatic heterocycles. The van der Waals surface area contributed by atoms with Gasteiger partial charge in [0, 0.05) is 7.05 Å². The highest BCUT2D eigenvalue weighted by Gasteiger charge is 2.10. The first-order chi connectivity index (χ1) is 6.63. The first kappa shape index (κ1) is 9.86. The maximum absolute atomic E-state index is 11.7. The van der Waals surface area contributed by atoms with Crippen LogP contribution in [0.1, 0.15) is 12.6 Å². The van der Waals surface area contributed by atoms with E-state index in [9.17, 15) is 4.79 Å². The van der Waals surface area contributed by atoms with Crippen molar-refractivity contribution in [1.29, 1.82) is 0 Å². The summed E-state index contributed by atoms with van der Waals surface area (Å²) in [4.78, 5) is 11.7. The molecule has 0 bridgehead atoms. The molecule has 0 fully saturated rings. The third-order valence-electron chi connectivity index (χ3n) is 2.09. The van der Waals surface area contributed by atoms with E-state index >= 15 is 0 Å². The molecule has 0 aliphatic rings. The maximum Gasteiger partial charge on any atom is 0.275 e. The second-order valence-electron chi connectivity index (χ2n) is 3.02. The lowest BCUT2D eigenvalue weighted by molar-refractivity contribution is 0.695. The van der Waals surface area contributed by atoms with Gasteiger partial charge in [-0.25, -0.2) is 4.68 Å². The molecular weight excluding hydrogens is 264 g/mol. The Morgan fingerprint density at radius 2 is 2.36 bits per heavy atom. The zero-order valence-electron chi connectivity index (χ0n) is 7.87. The summed E-state index contributed by atoms with van der Waals surface area (Å²) in [6.45, 7) is 2.04. The Bertz CT molecular complexity index is 543. The van der Waals surface area contributed by atoms with E-state index in [0.29, 0.717) is 0 Å². The number of rotatable bonds is 1. The summed E-state index contributed by atoms with van der Waals surface area (Å²) < 4.78 is 3.38. The second-order valence-corrected chi connectivity index (χ2v) is 5.45. The smallest absolute Gasteiger partial charge is 0.267 e. The molecule has 2 heterocycles. The molecule has 0 aromatic carbocycles. The lowest BCUT2D eigenvalue weighted by Crippen LogP contribution is -2.20. The SMILES string of the molecule is CCc1nn(C)c(=O)c2cc(Br)sc12. The van der Waals surface area contributed by atoms with Crippen LogP contribution >= 0.6 is 27.3 Å². The number of fused-ring (bicyclic) bond motifs is 1. The van der Waals surface area contributed by atoms with Crippen LogP contribution in [-0.2, 0) is 13.5 Å². The first-order valence-corrected chi connectivity index (χ1v) is 5.89. The average molecular weight is 273 g/mol. The van der Waals surface area contributed by atoms with Gasteiger partial charge in [-0.15, -0.1) is 11.3 Å². The normalized spacial score (nSPS) is 11.1. The Balaban J connectivity index is 2.96. The Labute approximate surface area is 93.5 Å². The minimum atomic E-state index is -0.0286. The molecular formula is C9H9BrN2OS. The van der Waals surface area contributed by atoms with Crippen LogP contribution in [0.3, 0.4) is 0 Å². The summed E-state index contributed by atoms with van der Waals surface area (Å²) >= 11 is 4.96. The van der Waals surface area contributed by atoms with Gasteiger partial charge in [-0.2, -0.15) is 5.10 Å². The Morgan fingerprint density at radius 1 is 1.64 bits per heavy atom. The largest absolute Gasteiger partial charge is 0.275 e. The number of aryl methyl sites for hydroxylation is 2. The molecule has 0 saturated carbocycles. The molecule has 2 rings (SSSR count). The molecule has 0 radical (unpaired) electrons. The Morgan fingerprint density at radius 3 is 3.00 bits per heavy atom. The number of hydrogen-bond donors (Lipinski definition) is 0. The summed E-state index contributed by atoms with van der Waals surface area (Å²) in [6, 6.07) is 1.86. The predicted octanol–water partition coefficient (Wildman–Crippen LogP) is 2.32. The monoisotopic (exact) mass is 272 g/mol. The molecule has 5 heteroatoms. The Hall–Kier alpha value is -0.680. The molecule has 0 spiro atoms. The molecule has 2 aromatic rings. The fourth-order valence-corrected chi connectivity index (χ4v) is 3.06. The van der Waals surface area contributed by atoms with Crippen LogP contribution in [0.15, 0.2) is 14.6 Å². The van der Waals surface area contributed by atoms with Gasteiger partial charge >= 0.3 is 0 Å². The van der Waals surface area contributed by atoms with Crippen LogP contribution in [0.25, 0.3) is 10.1 Å². The van der Waals surface area contributed by atoms with Gasteiger partial charge in [0.2, 0.25) is 0 Å². The molecule has 0 atom stereocenters. The van der Waals surface area contributed by atoms with E-state index in [1.54, 1.807) is 18.4 Å². The van der Waals surface area contributed by atoms with E-state index in [-0.39, 0.29) is 5.56 Å². The van der Waals surface area contributed by atoms with Crippen LogP contribution < -0.4 is 5.56 Å². The highest BCUT2D eigenvalue weighted by Crippen LogP contribution is 2.29. The van der Waals surface area contributed by atoms with Crippen LogP contribution in [0.5, 0.6) is 0 Å². The number of hydrogen-bond acceptors (Lipinski definition) is 3. The third kappa shape index (κ3) is 1.40. The fourth-order valence-electron chi connectivity index (χ4n) is 1.41. The van der Waals surface area contributed by atoms with Crippen molar-refractivity contribution in [2.75, 3.05) is 0 Å². The summed E-state index contributed by atoms with van der Waals surface area (Å²) in [5.74, 6) is 0. The molecule has 0 amide bonds. The van der Waals surface area contributed by atoms with Crippen LogP contribution in [-0.4, -0.2) is 9.78 Å². The van der Waals surface area contributed by atoms with Crippen molar-refractivity contribution < 1.29 is 0 Å². The number of nitrogens with zero attached hydrogens (tertiary/aromatic N) is 2. The summed E-state index contributed by atoms with van der Waals surface area (Å²) in [7, 11) is 1.69. The van der Waals surface area contributed by atoms with Crippen LogP contribution in [0.4, 0.5) is 0 Å². The van der Waals surface area contributed by atoms with Crippen molar-refractivity contribution in [3.8, 4) is 0 Å². The van der Waals surface area contributed by atoms with E-state index in [1.165, 1.54) is 4.68 Å². The zero-order valence-corrected chi connectivity index (χ0v) is 10.3. The quantitative estimate of drug-likeness (QED) is 0.799. The maximum atomic E-state index is 11.7. The van der Waals surface area contributed by atoms with Gasteiger partial charge in [0.1, 0.15) is 0 Å². The third-order valence-corrected chi connectivity index (χ3v) is 3.78. The van der Waals surface area contributed by atoms with Crippen molar-refractivity contribution in [2.24, 2.45) is 7.05 Å². The van der Waals surface area contributed by atoms with Gasteiger partial charge in [-0.05, 0) is 28.4 Å². The molecule has 0 aliphatic carbocycles. The highest BCUT2D eigenvalue weighted by atomic mass is 79.9. The van der Waals surface area contributed by atoms with Crippen LogP contribution in [0, 0.1) is 0 Å². The highest BCUT2D eigenvalue weighted by molar-refractivity contribution is 9.11.